The molecule has 0 spiro atoms. The number of nitrogens with zero attached hydrogens (tertiary/aromatic N) is 2. The summed E-state index contributed by atoms with van der Waals surface area (Å²) in [6, 6.07) is 20.4. The number of benzene rings is 2. The summed E-state index contributed by atoms with van der Waals surface area (Å²) in [5.41, 5.74) is 2.05. The molecule has 1 saturated heterocycles. The third kappa shape index (κ3) is 2.11. The zero-order valence-corrected chi connectivity index (χ0v) is 16.7. The number of carbonyl (C=O) groups is 3. The molecule has 2 aromatic carbocycles. The molecule has 6 nitrogen and oxygen atoms in total. The molecule has 3 aliphatic carbocycles. The largest absolute Gasteiger partial charge is 0.448 e. The van der Waals surface area contributed by atoms with Crippen LogP contribution in [0, 0.1) is 11.8 Å². The number of anilines is 1. The van der Waals surface area contributed by atoms with Gasteiger partial charge in [0.2, 0.25) is 11.8 Å². The molecule has 1 fully saturated rings. The Labute approximate surface area is 178 Å². The Bertz CT molecular complexity index is 1220. The van der Waals surface area contributed by atoms with E-state index in [1.54, 1.807) is 24.4 Å². The Hall–Kier alpha value is -3.80. The Kier molecular flexibility index (Phi) is 3.55. The Morgan fingerprint density at radius 2 is 1.52 bits per heavy atom. The molecule has 2 bridgehead atoms. The van der Waals surface area contributed by atoms with E-state index in [2.05, 4.69) is 4.98 Å². The first-order valence-electron chi connectivity index (χ1n) is 10.2. The summed E-state index contributed by atoms with van der Waals surface area (Å²) in [4.78, 5) is 45.3. The molecule has 2 amide bonds. The highest BCUT2D eigenvalue weighted by atomic mass is 16.6. The van der Waals surface area contributed by atoms with Gasteiger partial charge in [0.15, 0.2) is 5.60 Å². The lowest BCUT2D eigenvalue weighted by Gasteiger charge is -2.52. The summed E-state index contributed by atoms with van der Waals surface area (Å²) in [5, 5.41) is 0. The fourth-order valence-electron chi connectivity index (χ4n) is 5.81. The molecule has 1 aromatic heterocycles. The molecule has 3 aromatic rings. The Morgan fingerprint density at radius 3 is 2.10 bits per heavy atom. The predicted molar refractivity (Wildman–Crippen MR) is 111 cm³/mol. The van der Waals surface area contributed by atoms with Crippen molar-refractivity contribution in [2.24, 2.45) is 11.8 Å². The van der Waals surface area contributed by atoms with Gasteiger partial charge in [-0.15, -0.1) is 0 Å². The molecule has 0 N–H and O–H groups in total. The van der Waals surface area contributed by atoms with Gasteiger partial charge in [-0.2, -0.15) is 0 Å². The van der Waals surface area contributed by atoms with Gasteiger partial charge in [0.1, 0.15) is 5.82 Å². The molecule has 1 aliphatic heterocycles. The van der Waals surface area contributed by atoms with Gasteiger partial charge in [0.25, 0.3) is 0 Å². The maximum atomic E-state index is 13.8. The van der Waals surface area contributed by atoms with Crippen LogP contribution in [0.1, 0.15) is 35.1 Å². The summed E-state index contributed by atoms with van der Waals surface area (Å²) in [6.07, 6.45) is 1.55. The van der Waals surface area contributed by atoms with Gasteiger partial charge in [0, 0.05) is 30.2 Å². The first kappa shape index (κ1) is 18.0. The number of pyridine rings is 1. The molecule has 152 valence electrons. The van der Waals surface area contributed by atoms with Gasteiger partial charge in [-0.3, -0.25) is 14.4 Å². The highest BCUT2D eigenvalue weighted by Gasteiger charge is 2.70. The number of ether oxygens (including phenoxy) is 1. The van der Waals surface area contributed by atoms with Crippen LogP contribution in [0.25, 0.3) is 0 Å². The summed E-state index contributed by atoms with van der Waals surface area (Å²) >= 11 is 0. The van der Waals surface area contributed by atoms with Gasteiger partial charge in [0.05, 0.1) is 11.8 Å². The average molecular weight is 410 g/mol. The molecule has 6 heteroatoms. The van der Waals surface area contributed by atoms with Gasteiger partial charge in [-0.25, -0.2) is 9.88 Å². The number of carbonyl (C=O) groups excluding carboxylic acids is 3. The number of aromatic nitrogens is 1. The first-order valence-corrected chi connectivity index (χ1v) is 10.2. The second-order valence-corrected chi connectivity index (χ2v) is 8.18. The van der Waals surface area contributed by atoms with Gasteiger partial charge < -0.3 is 4.74 Å². The zero-order chi connectivity index (χ0) is 21.3. The van der Waals surface area contributed by atoms with Gasteiger partial charge in [-0.1, -0.05) is 54.6 Å². The van der Waals surface area contributed by atoms with E-state index in [1.165, 1.54) is 11.8 Å². The molecule has 2 heterocycles. The molecule has 0 saturated carbocycles. The van der Waals surface area contributed by atoms with E-state index in [0.29, 0.717) is 0 Å². The first-order chi connectivity index (χ1) is 15.1. The second-order valence-electron chi connectivity index (χ2n) is 8.18. The molecular weight excluding hydrogens is 392 g/mol. The summed E-state index contributed by atoms with van der Waals surface area (Å²) in [6.45, 7) is 1.34. The molecule has 7 rings (SSSR count). The number of imide groups is 1. The maximum absolute atomic E-state index is 13.8. The van der Waals surface area contributed by atoms with Gasteiger partial charge >= 0.3 is 5.97 Å². The van der Waals surface area contributed by atoms with Crippen molar-refractivity contribution >= 4 is 23.6 Å². The van der Waals surface area contributed by atoms with Crippen LogP contribution in [0.15, 0.2) is 72.9 Å². The van der Waals surface area contributed by atoms with E-state index < -0.39 is 23.4 Å². The predicted octanol–water partition coefficient (Wildman–Crippen LogP) is 3.15. The van der Waals surface area contributed by atoms with E-state index in [0.717, 1.165) is 22.3 Å². The highest BCUT2D eigenvalue weighted by molar-refractivity contribution is 6.23. The van der Waals surface area contributed by atoms with Crippen LogP contribution in [0.5, 0.6) is 0 Å². The molecule has 4 aliphatic rings. The summed E-state index contributed by atoms with van der Waals surface area (Å²) in [5.74, 6) is -2.71. The Balaban J connectivity index is 1.68. The molecule has 31 heavy (non-hydrogen) atoms. The van der Waals surface area contributed by atoms with Crippen molar-refractivity contribution in [1.29, 1.82) is 0 Å². The fraction of sp³-hybridized carbons (Fsp3) is 0.200. The minimum atomic E-state index is -1.35. The normalized spacial score (nSPS) is 27.5. The molecule has 2 atom stereocenters. The van der Waals surface area contributed by atoms with Crippen molar-refractivity contribution < 1.29 is 19.1 Å². The van der Waals surface area contributed by atoms with Crippen molar-refractivity contribution in [3.05, 3.63) is 95.2 Å². The van der Waals surface area contributed by atoms with Crippen LogP contribution < -0.4 is 4.90 Å². The molecule has 0 radical (unpaired) electrons. The number of esters is 1. The topological polar surface area (TPSA) is 76.6 Å². The quantitative estimate of drug-likeness (QED) is 0.479. The van der Waals surface area contributed by atoms with E-state index in [4.69, 9.17) is 4.74 Å². The van der Waals surface area contributed by atoms with Crippen LogP contribution >= 0.6 is 0 Å². The number of hydrogen-bond acceptors (Lipinski definition) is 5. The lowest BCUT2D eigenvalue weighted by atomic mass is 9.52. The standard InChI is InChI=1S/C25H18N2O4/c1-14(28)31-25-17-10-4-2-8-15(17)20(16-9-3-5-11-18(16)25)21-22(25)24(30)27(23(21)29)19-12-6-7-13-26-19/h2-13,20-22H,1H3/t20?,21-,22+,25?/m0/s1. The minimum Gasteiger partial charge on any atom is -0.448 e. The van der Waals surface area contributed by atoms with Gasteiger partial charge in [-0.05, 0) is 23.3 Å². The smallest absolute Gasteiger partial charge is 0.303 e. The molecule has 0 unspecified atom stereocenters. The number of amides is 2. The monoisotopic (exact) mass is 410 g/mol. The SMILES string of the molecule is CC(=O)OC12c3ccccc3C(c3ccccc31)[C@@H]1C(=O)N(c3ccccn3)C(=O)[C@@H]12. The van der Waals surface area contributed by atoms with Crippen molar-refractivity contribution in [1.82, 2.24) is 4.98 Å². The van der Waals surface area contributed by atoms with E-state index in [1.807, 2.05) is 48.5 Å². The lowest BCUT2D eigenvalue weighted by molar-refractivity contribution is -0.167. The lowest BCUT2D eigenvalue weighted by Crippen LogP contribution is -2.55. The minimum absolute atomic E-state index is 0.289. The summed E-state index contributed by atoms with van der Waals surface area (Å²) < 4.78 is 6.08. The van der Waals surface area contributed by atoms with E-state index in [-0.39, 0.29) is 23.6 Å². The average Bonchev–Trinajstić information content (AvgIpc) is 3.06. The number of hydrogen-bond donors (Lipinski definition) is 0. The van der Waals surface area contributed by atoms with E-state index >= 15 is 0 Å². The van der Waals surface area contributed by atoms with E-state index in [9.17, 15) is 14.4 Å². The van der Waals surface area contributed by atoms with Crippen LogP contribution in [0.3, 0.4) is 0 Å². The third-order valence-corrected chi connectivity index (χ3v) is 6.72. The van der Waals surface area contributed by atoms with Crippen molar-refractivity contribution in [3.63, 3.8) is 0 Å². The van der Waals surface area contributed by atoms with Crippen LogP contribution in [0.2, 0.25) is 0 Å². The highest BCUT2D eigenvalue weighted by Crippen LogP contribution is 2.64. The van der Waals surface area contributed by atoms with Crippen molar-refractivity contribution in [3.8, 4) is 0 Å². The summed E-state index contributed by atoms with van der Waals surface area (Å²) in [7, 11) is 0. The van der Waals surface area contributed by atoms with Crippen molar-refractivity contribution in [2.45, 2.75) is 18.4 Å². The number of rotatable bonds is 2. The third-order valence-electron chi connectivity index (χ3n) is 6.72. The molecular formula is C25H18N2O4. The second kappa shape index (κ2) is 6.11. The fourth-order valence-corrected chi connectivity index (χ4v) is 5.81. The van der Waals surface area contributed by atoms with Crippen LogP contribution in [-0.4, -0.2) is 22.8 Å². The van der Waals surface area contributed by atoms with Crippen LogP contribution in [0.4, 0.5) is 5.82 Å². The maximum Gasteiger partial charge on any atom is 0.303 e. The van der Waals surface area contributed by atoms with Crippen molar-refractivity contribution in [2.75, 3.05) is 4.90 Å². The zero-order valence-electron chi connectivity index (χ0n) is 16.7. The Morgan fingerprint density at radius 1 is 0.903 bits per heavy atom. The van der Waals surface area contributed by atoms with Crippen LogP contribution in [-0.2, 0) is 24.7 Å².